The molecule has 31 heavy (non-hydrogen) atoms. The lowest BCUT2D eigenvalue weighted by molar-refractivity contribution is 0.0341. The lowest BCUT2D eigenvalue weighted by Gasteiger charge is -2.27. The molecular weight excluding hydrogens is 503 g/mol. The highest BCUT2D eigenvalue weighted by Gasteiger charge is 2.12. The number of aliphatic imine (C=N–C) groups is 1. The van der Waals surface area contributed by atoms with E-state index in [0.717, 1.165) is 51.9 Å². The van der Waals surface area contributed by atoms with Gasteiger partial charge in [-0.15, -0.1) is 24.0 Å². The van der Waals surface area contributed by atoms with E-state index in [2.05, 4.69) is 71.0 Å². The number of methoxy groups -OCH3 is 1. The Labute approximate surface area is 203 Å². The summed E-state index contributed by atoms with van der Waals surface area (Å²) in [6.45, 7) is 9.53. The van der Waals surface area contributed by atoms with Crippen molar-refractivity contribution in [2.75, 3.05) is 40.0 Å². The van der Waals surface area contributed by atoms with Crippen molar-refractivity contribution >= 4 is 29.9 Å². The van der Waals surface area contributed by atoms with E-state index in [1.54, 1.807) is 7.11 Å². The highest BCUT2D eigenvalue weighted by atomic mass is 127. The lowest BCUT2D eigenvalue weighted by atomic mass is 10.1. The molecule has 1 saturated heterocycles. The number of hydrogen-bond donors (Lipinski definition) is 2. The maximum atomic E-state index is 5.47. The first kappa shape index (κ1) is 25.6. The van der Waals surface area contributed by atoms with Crippen LogP contribution in [0.3, 0.4) is 0 Å². The Balaban J connectivity index is 0.00000341. The molecule has 1 aliphatic rings. The van der Waals surface area contributed by atoms with Crippen LogP contribution in [-0.4, -0.2) is 50.8 Å². The van der Waals surface area contributed by atoms with Gasteiger partial charge >= 0.3 is 0 Å². The Morgan fingerprint density at radius 3 is 2.35 bits per heavy atom. The Kier molecular flexibility index (Phi) is 11.9. The van der Waals surface area contributed by atoms with Crippen molar-refractivity contribution in [3.63, 3.8) is 0 Å². The molecule has 1 fully saturated rings. The minimum atomic E-state index is 0. The first-order chi connectivity index (χ1) is 14.8. The summed E-state index contributed by atoms with van der Waals surface area (Å²) in [7, 11) is 1.71. The van der Waals surface area contributed by atoms with Gasteiger partial charge in [0.25, 0.3) is 0 Å². The number of morpholine rings is 1. The molecule has 1 heterocycles. The second kappa shape index (κ2) is 14.4. The van der Waals surface area contributed by atoms with Gasteiger partial charge in [-0.25, -0.2) is 4.99 Å². The summed E-state index contributed by atoms with van der Waals surface area (Å²) < 4.78 is 10.6. The molecule has 6 nitrogen and oxygen atoms in total. The number of nitrogens with one attached hydrogen (secondary N) is 2. The van der Waals surface area contributed by atoms with E-state index in [1.165, 1.54) is 22.3 Å². The molecule has 170 valence electrons. The number of nitrogens with zero attached hydrogens (tertiary/aromatic N) is 2. The highest BCUT2D eigenvalue weighted by molar-refractivity contribution is 14.0. The molecule has 0 unspecified atom stereocenters. The molecule has 0 bridgehead atoms. The van der Waals surface area contributed by atoms with Gasteiger partial charge in [-0.3, -0.25) is 4.90 Å². The monoisotopic (exact) mass is 538 g/mol. The van der Waals surface area contributed by atoms with Crippen LogP contribution < -0.4 is 10.6 Å². The van der Waals surface area contributed by atoms with Gasteiger partial charge in [0.1, 0.15) is 0 Å². The molecule has 0 spiro atoms. The van der Waals surface area contributed by atoms with E-state index in [-0.39, 0.29) is 24.0 Å². The summed E-state index contributed by atoms with van der Waals surface area (Å²) >= 11 is 0. The highest BCUT2D eigenvalue weighted by Crippen LogP contribution is 2.13. The number of ether oxygens (including phenoxy) is 2. The minimum Gasteiger partial charge on any atom is -0.380 e. The third-order valence-electron chi connectivity index (χ3n) is 5.16. The van der Waals surface area contributed by atoms with Gasteiger partial charge in [0.05, 0.1) is 26.4 Å². The number of benzene rings is 2. The van der Waals surface area contributed by atoms with Gasteiger partial charge in [-0.2, -0.15) is 0 Å². The molecule has 0 aromatic heterocycles. The van der Waals surface area contributed by atoms with Gasteiger partial charge in [0, 0.05) is 39.8 Å². The molecule has 0 atom stereocenters. The first-order valence-electron chi connectivity index (χ1n) is 10.7. The van der Waals surface area contributed by atoms with Crippen molar-refractivity contribution in [2.45, 2.75) is 33.2 Å². The number of hydrogen-bond acceptors (Lipinski definition) is 4. The largest absolute Gasteiger partial charge is 0.380 e. The van der Waals surface area contributed by atoms with E-state index in [4.69, 9.17) is 14.5 Å². The maximum Gasteiger partial charge on any atom is 0.191 e. The van der Waals surface area contributed by atoms with Crippen LogP contribution in [0, 0.1) is 0 Å². The Morgan fingerprint density at radius 1 is 1.00 bits per heavy atom. The van der Waals surface area contributed by atoms with Gasteiger partial charge in [-0.1, -0.05) is 48.5 Å². The van der Waals surface area contributed by atoms with Crippen molar-refractivity contribution in [3.05, 3.63) is 70.8 Å². The van der Waals surface area contributed by atoms with E-state index in [0.29, 0.717) is 13.2 Å². The van der Waals surface area contributed by atoms with Gasteiger partial charge < -0.3 is 20.1 Å². The molecule has 1 aliphatic heterocycles. The third kappa shape index (κ3) is 8.76. The minimum absolute atomic E-state index is 0. The van der Waals surface area contributed by atoms with Crippen LogP contribution in [0.25, 0.3) is 0 Å². The van der Waals surface area contributed by atoms with Crippen molar-refractivity contribution in [1.29, 1.82) is 0 Å². The average Bonchev–Trinajstić information content (AvgIpc) is 2.78. The zero-order chi connectivity index (χ0) is 21.0. The van der Waals surface area contributed by atoms with E-state index < -0.39 is 0 Å². The SMILES string of the molecule is CCNC(=NCc1ccc(COC)cc1)NCc1ccccc1CN1CCOCC1.I. The summed E-state index contributed by atoms with van der Waals surface area (Å²) in [5, 5.41) is 6.84. The molecule has 0 amide bonds. The predicted octanol–water partition coefficient (Wildman–Crippen LogP) is 3.54. The average molecular weight is 538 g/mol. The summed E-state index contributed by atoms with van der Waals surface area (Å²) in [4.78, 5) is 7.21. The van der Waals surface area contributed by atoms with Crippen LogP contribution in [0.1, 0.15) is 29.2 Å². The Hall–Kier alpha value is -1.68. The van der Waals surface area contributed by atoms with Crippen molar-refractivity contribution in [2.24, 2.45) is 4.99 Å². The standard InChI is InChI=1S/C24H34N4O2.HI/c1-3-25-24(26-16-20-8-10-21(11-9-20)19-29-2)27-17-22-6-4-5-7-23(22)18-28-12-14-30-15-13-28;/h4-11H,3,12-19H2,1-2H3,(H2,25,26,27);1H. The normalized spacial score (nSPS) is 14.7. The first-order valence-corrected chi connectivity index (χ1v) is 10.7. The zero-order valence-corrected chi connectivity index (χ0v) is 20.9. The van der Waals surface area contributed by atoms with Crippen LogP contribution in [0.4, 0.5) is 0 Å². The summed E-state index contributed by atoms with van der Waals surface area (Å²) in [5.74, 6) is 0.833. The molecule has 2 N–H and O–H groups in total. The summed E-state index contributed by atoms with van der Waals surface area (Å²) in [5.41, 5.74) is 5.02. The van der Waals surface area contributed by atoms with Gasteiger partial charge in [-0.05, 0) is 29.2 Å². The second-order valence-corrected chi connectivity index (χ2v) is 7.46. The van der Waals surface area contributed by atoms with Gasteiger partial charge in [0.15, 0.2) is 5.96 Å². The topological polar surface area (TPSA) is 58.1 Å². The second-order valence-electron chi connectivity index (χ2n) is 7.46. The number of rotatable bonds is 9. The van der Waals surface area contributed by atoms with E-state index in [9.17, 15) is 0 Å². The van der Waals surface area contributed by atoms with Crippen LogP contribution in [-0.2, 0) is 35.7 Å². The number of halogens is 1. The Morgan fingerprint density at radius 2 is 1.68 bits per heavy atom. The quantitative estimate of drug-likeness (QED) is 0.291. The molecule has 0 saturated carbocycles. The van der Waals surface area contributed by atoms with Crippen molar-refractivity contribution < 1.29 is 9.47 Å². The van der Waals surface area contributed by atoms with Gasteiger partial charge in [0.2, 0.25) is 0 Å². The molecule has 2 aromatic rings. The Bertz CT molecular complexity index is 792. The molecular formula is C24H35IN4O2. The molecule has 2 aromatic carbocycles. The van der Waals surface area contributed by atoms with Crippen LogP contribution in [0.2, 0.25) is 0 Å². The van der Waals surface area contributed by atoms with E-state index in [1.807, 2.05) is 0 Å². The number of guanidine groups is 1. The summed E-state index contributed by atoms with van der Waals surface area (Å²) in [6, 6.07) is 17.0. The van der Waals surface area contributed by atoms with Crippen molar-refractivity contribution in [1.82, 2.24) is 15.5 Å². The predicted molar refractivity (Wildman–Crippen MR) is 137 cm³/mol. The smallest absolute Gasteiger partial charge is 0.191 e. The van der Waals surface area contributed by atoms with Crippen molar-refractivity contribution in [3.8, 4) is 0 Å². The maximum absolute atomic E-state index is 5.47. The fourth-order valence-corrected chi connectivity index (χ4v) is 3.48. The van der Waals surface area contributed by atoms with Crippen LogP contribution in [0.5, 0.6) is 0 Å². The molecule has 0 radical (unpaired) electrons. The molecule has 0 aliphatic carbocycles. The zero-order valence-electron chi connectivity index (χ0n) is 18.6. The van der Waals surface area contributed by atoms with Crippen LogP contribution in [0.15, 0.2) is 53.5 Å². The fourth-order valence-electron chi connectivity index (χ4n) is 3.48. The van der Waals surface area contributed by atoms with E-state index >= 15 is 0 Å². The molecule has 7 heteroatoms. The lowest BCUT2D eigenvalue weighted by Crippen LogP contribution is -2.38. The summed E-state index contributed by atoms with van der Waals surface area (Å²) in [6.07, 6.45) is 0. The third-order valence-corrected chi connectivity index (χ3v) is 5.16. The van der Waals surface area contributed by atoms with Crippen LogP contribution >= 0.6 is 24.0 Å². The fraction of sp³-hybridized carbons (Fsp3) is 0.458. The molecule has 3 rings (SSSR count).